The van der Waals surface area contributed by atoms with Crippen LogP contribution in [0.3, 0.4) is 0 Å². The van der Waals surface area contributed by atoms with E-state index in [4.69, 9.17) is 58.2 Å². The van der Waals surface area contributed by atoms with Gasteiger partial charge in [-0.3, -0.25) is 5.32 Å². The number of hydrogen-bond acceptors (Lipinski definition) is 8. The first-order valence-electron chi connectivity index (χ1n) is 17.4. The molecule has 1 aliphatic heterocycles. The summed E-state index contributed by atoms with van der Waals surface area (Å²) < 4.78 is 27.8. The Balaban J connectivity index is 1.55. The van der Waals surface area contributed by atoms with Crippen molar-refractivity contribution in [3.05, 3.63) is 96.8 Å². The van der Waals surface area contributed by atoms with E-state index in [1.807, 2.05) is 68.4 Å². The number of nitrogens with one attached hydrogen (secondary N) is 3. The van der Waals surface area contributed by atoms with E-state index in [-0.39, 0.29) is 29.5 Å². The van der Waals surface area contributed by atoms with Crippen LogP contribution < -0.4 is 25.7 Å². The molecule has 0 radical (unpaired) electrons. The van der Waals surface area contributed by atoms with Gasteiger partial charge in [-0.05, 0) is 46.8 Å². The summed E-state index contributed by atoms with van der Waals surface area (Å²) in [4.78, 5) is 12.8. The fourth-order valence-corrected chi connectivity index (χ4v) is 10.8. The number of hydrogen-bond donors (Lipinski definition) is 3. The van der Waals surface area contributed by atoms with E-state index in [1.54, 1.807) is 6.07 Å². The van der Waals surface area contributed by atoms with Gasteiger partial charge >= 0.3 is 6.09 Å². The molecule has 1 unspecified atom stereocenters. The van der Waals surface area contributed by atoms with Gasteiger partial charge in [-0.15, -0.1) is 0 Å². The molecule has 1 atom stereocenters. The smallest absolute Gasteiger partial charge is 0.412 e. The fraction of sp³-hybridized carbons (Fsp3) is 0.436. The minimum atomic E-state index is -2.88. The van der Waals surface area contributed by atoms with Crippen LogP contribution >= 0.6 is 34.8 Å². The van der Waals surface area contributed by atoms with Gasteiger partial charge in [0.1, 0.15) is 24.8 Å². The summed E-state index contributed by atoms with van der Waals surface area (Å²) in [7, 11) is -2.88. The third-order valence-corrected chi connectivity index (χ3v) is 13.9. The predicted octanol–water partition coefficient (Wildman–Crippen LogP) is 8.58. The normalized spacial score (nSPS) is 15.8. The molecule has 1 heterocycles. The van der Waals surface area contributed by atoms with Crippen molar-refractivity contribution in [1.29, 1.82) is 5.41 Å². The number of allylic oxidation sites excluding steroid dienone is 1. The number of rotatable bonds is 16. The predicted molar refractivity (Wildman–Crippen MR) is 213 cm³/mol. The molecule has 3 aromatic carbocycles. The van der Waals surface area contributed by atoms with Crippen molar-refractivity contribution in [1.82, 2.24) is 5.32 Å². The third-order valence-electron chi connectivity index (χ3n) is 8.59. The summed E-state index contributed by atoms with van der Waals surface area (Å²) >= 11 is 17.4. The summed E-state index contributed by atoms with van der Waals surface area (Å²) in [6.07, 6.45) is 3.50. The second-order valence-electron chi connectivity index (χ2n) is 14.3. The lowest BCUT2D eigenvalue weighted by Gasteiger charge is -2.44. The van der Waals surface area contributed by atoms with Crippen molar-refractivity contribution >= 4 is 71.0 Å². The number of benzene rings is 3. The highest BCUT2D eigenvalue weighted by atomic mass is 35.6. The number of anilines is 1. The van der Waals surface area contributed by atoms with Crippen molar-refractivity contribution in [3.63, 3.8) is 0 Å². The number of alkyl carbamates (subject to hydrolysis) is 1. The molecule has 0 saturated carbocycles. The van der Waals surface area contributed by atoms with E-state index in [0.29, 0.717) is 31.3 Å². The zero-order valence-corrected chi connectivity index (χ0v) is 33.7. The Hall–Kier alpha value is -3.09. The zero-order chi connectivity index (χ0) is 37.8. The van der Waals surface area contributed by atoms with Gasteiger partial charge in [0.15, 0.2) is 6.29 Å². The Morgan fingerprint density at radius 3 is 2.13 bits per heavy atom. The first-order chi connectivity index (χ1) is 24.6. The van der Waals surface area contributed by atoms with Crippen LogP contribution in [0.1, 0.15) is 53.9 Å². The monoisotopic (exact) mass is 789 g/mol. The van der Waals surface area contributed by atoms with E-state index in [9.17, 15) is 10.2 Å². The summed E-state index contributed by atoms with van der Waals surface area (Å²) in [6, 6.07) is 27.9. The van der Waals surface area contributed by atoms with Gasteiger partial charge in [-0.1, -0.05) is 136 Å². The molecule has 3 aromatic rings. The number of carbonyl (C=O) groups excluding carboxylic acids is 1. The fourth-order valence-electron chi connectivity index (χ4n) is 5.87. The highest BCUT2D eigenvalue weighted by Gasteiger charge is 2.51. The van der Waals surface area contributed by atoms with Crippen LogP contribution in [0.15, 0.2) is 96.8 Å². The molecule has 3 N–H and O–H groups in total. The number of carbonyl (C=O) groups is 1. The van der Waals surface area contributed by atoms with Crippen LogP contribution in [0.5, 0.6) is 5.75 Å². The average molecular weight is 791 g/mol. The minimum Gasteiger partial charge on any atom is -0.491 e. The average Bonchev–Trinajstić information content (AvgIpc) is 3.10. The van der Waals surface area contributed by atoms with Gasteiger partial charge in [-0.25, -0.2) is 4.79 Å². The number of alkyl halides is 3. The Morgan fingerprint density at radius 1 is 0.904 bits per heavy atom. The maximum Gasteiger partial charge on any atom is 0.412 e. The molecule has 0 spiro atoms. The largest absolute Gasteiger partial charge is 0.491 e. The number of ether oxygens (including phenoxy) is 4. The van der Waals surface area contributed by atoms with Crippen molar-refractivity contribution < 1.29 is 28.2 Å². The van der Waals surface area contributed by atoms with Crippen molar-refractivity contribution in [2.24, 2.45) is 5.41 Å². The summed E-state index contributed by atoms with van der Waals surface area (Å²) in [5, 5.41) is 17.2. The van der Waals surface area contributed by atoms with Crippen molar-refractivity contribution in [3.8, 4) is 5.75 Å². The molecule has 13 heteroatoms. The lowest BCUT2D eigenvalue weighted by Crippen LogP contribution is -2.67. The van der Waals surface area contributed by atoms with Gasteiger partial charge in [0.25, 0.3) is 8.32 Å². The van der Waals surface area contributed by atoms with Gasteiger partial charge in [-0.2, -0.15) is 0 Å². The first kappa shape index (κ1) is 41.7. The van der Waals surface area contributed by atoms with Crippen molar-refractivity contribution in [2.75, 3.05) is 38.4 Å². The second kappa shape index (κ2) is 18.8. The lowest BCUT2D eigenvalue weighted by atomic mass is 9.88. The van der Waals surface area contributed by atoms with Crippen LogP contribution in [0.4, 0.5) is 10.5 Å². The molecule has 9 nitrogen and oxygen atoms in total. The van der Waals surface area contributed by atoms with Crippen molar-refractivity contribution in [2.45, 2.75) is 69.0 Å². The molecule has 1 aliphatic rings. The first-order valence-corrected chi connectivity index (χ1v) is 20.4. The Morgan fingerprint density at radius 2 is 1.56 bits per heavy atom. The molecule has 4 rings (SSSR count). The highest BCUT2D eigenvalue weighted by molar-refractivity contribution is 6.99. The molecular formula is C39H50Cl3N3O6Si. The van der Waals surface area contributed by atoms with Gasteiger partial charge in [0, 0.05) is 42.2 Å². The quantitative estimate of drug-likeness (QED) is 0.0577. The molecule has 52 heavy (non-hydrogen) atoms. The van der Waals surface area contributed by atoms with Gasteiger partial charge in [0.05, 0.1) is 6.61 Å². The maximum atomic E-state index is 12.8. The molecule has 1 saturated heterocycles. The molecular weight excluding hydrogens is 741 g/mol. The minimum absolute atomic E-state index is 0.174. The Bertz CT molecular complexity index is 1590. The summed E-state index contributed by atoms with van der Waals surface area (Å²) in [5.74, 6) is 0.762. The molecule has 0 bridgehead atoms. The van der Waals surface area contributed by atoms with Crippen LogP contribution in [0.25, 0.3) is 0 Å². The van der Waals surface area contributed by atoms with Crippen LogP contribution in [-0.4, -0.2) is 63.2 Å². The van der Waals surface area contributed by atoms with Crippen LogP contribution in [-0.2, 0) is 18.6 Å². The van der Waals surface area contributed by atoms with E-state index in [0.717, 1.165) is 29.6 Å². The zero-order valence-electron chi connectivity index (χ0n) is 30.5. The Kier molecular flexibility index (Phi) is 15.1. The number of halogens is 3. The van der Waals surface area contributed by atoms with Crippen LogP contribution in [0.2, 0.25) is 5.04 Å². The molecule has 282 valence electrons. The highest BCUT2D eigenvalue weighted by Crippen LogP contribution is 2.38. The summed E-state index contributed by atoms with van der Waals surface area (Å²) in [5.41, 5.74) is -0.00361. The topological polar surface area (TPSA) is 111 Å². The van der Waals surface area contributed by atoms with E-state index >= 15 is 0 Å². The van der Waals surface area contributed by atoms with E-state index < -0.39 is 30.2 Å². The lowest BCUT2D eigenvalue weighted by molar-refractivity contribution is -0.165. The SMILES string of the molecule is CC(C)(CO[Si](c1ccccc1)(c1ccccc1)C(C)(C)C)C(=N)/C=C(/NC(=O)OCC(Cl)(Cl)Cl)Nc1cccc(OCCOC2CCCCO2)c1. The maximum absolute atomic E-state index is 12.8. The van der Waals surface area contributed by atoms with Crippen LogP contribution in [0, 0.1) is 10.8 Å². The standard InChI is InChI=1S/C39H50Cl3N3O6Si/c1-37(2,3)52(31-17-8-6-9-18-31,32-19-10-7-11-20-32)51-27-38(4,5)33(43)26-34(45-36(46)50-28-39(40,41)42)44-29-15-14-16-30(25-29)47-23-24-49-35-21-12-13-22-48-35/h6-11,14-20,25-26,35,43-44H,12-13,21-24,27-28H2,1-5H3,(H,45,46)/b34-26+,43-33?. The molecule has 0 aromatic heterocycles. The summed E-state index contributed by atoms with van der Waals surface area (Å²) in [6.45, 7) is 11.7. The van der Waals surface area contributed by atoms with E-state index in [1.165, 1.54) is 6.08 Å². The molecule has 1 amide bonds. The second-order valence-corrected chi connectivity index (χ2v) is 21.1. The third kappa shape index (κ3) is 12.2. The van der Waals surface area contributed by atoms with Gasteiger partial charge in [0.2, 0.25) is 3.79 Å². The Labute approximate surface area is 323 Å². The van der Waals surface area contributed by atoms with Gasteiger partial charge < -0.3 is 34.1 Å². The molecule has 1 fully saturated rings. The van der Waals surface area contributed by atoms with E-state index in [2.05, 4.69) is 55.7 Å². The number of amides is 1. The molecule has 0 aliphatic carbocycles.